The summed E-state index contributed by atoms with van der Waals surface area (Å²) in [5, 5.41) is 21.1. The van der Waals surface area contributed by atoms with Crippen LogP contribution < -0.4 is 25.5 Å². The number of hydrogen-bond acceptors (Lipinski definition) is 6. The van der Waals surface area contributed by atoms with E-state index in [1.165, 1.54) is 36.4 Å². The Kier molecular flexibility index (Phi) is 8.08. The molecule has 5 N–H and O–H groups in total. The number of carbonyl (C=O) groups excluding carboxylic acids is 2. The third-order valence-electron chi connectivity index (χ3n) is 6.22. The number of hydrogen-bond donors (Lipinski definition) is 4. The van der Waals surface area contributed by atoms with Crippen LogP contribution in [0.25, 0.3) is 0 Å². The van der Waals surface area contributed by atoms with Crippen molar-refractivity contribution in [3.05, 3.63) is 65.6 Å². The van der Waals surface area contributed by atoms with Crippen LogP contribution in [0.1, 0.15) is 53.3 Å². The van der Waals surface area contributed by atoms with Crippen molar-refractivity contribution >= 4 is 17.6 Å². The predicted octanol–water partition coefficient (Wildman–Crippen LogP) is 1.77. The first kappa shape index (κ1) is 26.2. The van der Waals surface area contributed by atoms with Crippen LogP contribution in [-0.2, 0) is 0 Å². The van der Waals surface area contributed by atoms with E-state index < -0.39 is 17.3 Å². The number of ether oxygens (including phenoxy) is 2. The van der Waals surface area contributed by atoms with Crippen LogP contribution in [-0.4, -0.2) is 59.5 Å². The van der Waals surface area contributed by atoms with Gasteiger partial charge < -0.3 is 24.8 Å². The number of aliphatic hydroxyl groups excluding tert-OH is 1. The van der Waals surface area contributed by atoms with E-state index in [0.29, 0.717) is 32.5 Å². The lowest BCUT2D eigenvalue weighted by molar-refractivity contribution is -0.115. The highest BCUT2D eigenvalue weighted by Crippen LogP contribution is 2.41. The lowest BCUT2D eigenvalue weighted by Gasteiger charge is -2.17. The molecule has 0 unspecified atom stereocenters. The van der Waals surface area contributed by atoms with Crippen LogP contribution in [0.4, 0.5) is 4.39 Å². The second-order valence-corrected chi connectivity index (χ2v) is 9.18. The van der Waals surface area contributed by atoms with Crippen molar-refractivity contribution in [3.8, 4) is 17.2 Å². The van der Waals surface area contributed by atoms with Crippen molar-refractivity contribution in [2.24, 2.45) is 0 Å². The maximum Gasteiger partial charge on any atom is 0.339 e. The van der Waals surface area contributed by atoms with E-state index >= 15 is 0 Å². The third-order valence-corrected chi connectivity index (χ3v) is 6.22. The molecule has 2 amide bonds. The fourth-order valence-corrected chi connectivity index (χ4v) is 3.96. The molecule has 0 aromatic heterocycles. The van der Waals surface area contributed by atoms with Gasteiger partial charge in [0.15, 0.2) is 11.6 Å². The summed E-state index contributed by atoms with van der Waals surface area (Å²) < 4.78 is 26.6. The smallest absolute Gasteiger partial charge is 0.339 e. The zero-order valence-electron chi connectivity index (χ0n) is 20.8. The predicted molar refractivity (Wildman–Crippen MR) is 135 cm³/mol. The number of rotatable bonds is 10. The number of likely N-dealkylation sites (tertiary alicyclic amines) is 1. The number of carbonyl (C=O) groups is 2. The molecule has 4 rings (SSSR count). The van der Waals surface area contributed by atoms with Crippen LogP contribution in [0, 0.1) is 5.82 Å². The van der Waals surface area contributed by atoms with Gasteiger partial charge in [0, 0.05) is 43.5 Å². The average Bonchev–Trinajstić information content (AvgIpc) is 3.43. The van der Waals surface area contributed by atoms with E-state index in [0.717, 1.165) is 18.9 Å². The van der Waals surface area contributed by atoms with E-state index in [4.69, 9.17) is 14.9 Å². The van der Waals surface area contributed by atoms with E-state index in [1.54, 1.807) is 11.1 Å². The van der Waals surface area contributed by atoms with Gasteiger partial charge in [0.25, 0.3) is 11.7 Å². The molecule has 196 valence electrons. The van der Waals surface area contributed by atoms with Gasteiger partial charge in [-0.15, -0.1) is 0 Å². The van der Waals surface area contributed by atoms with Gasteiger partial charge >= 0.3 is 5.91 Å². The SMILES string of the molecule is CCN/C=C\C(=[NH2+])NC(=O)c1cc(Oc2ccc(C(=O)N3CCCC3)cc2F)cc(OC2(CO)CC2)c1. The molecule has 0 radical (unpaired) electrons. The Labute approximate surface area is 214 Å². The third kappa shape index (κ3) is 6.65. The molecule has 1 saturated carbocycles. The first-order chi connectivity index (χ1) is 17.8. The molecule has 37 heavy (non-hydrogen) atoms. The number of nitrogens with zero attached hydrogens (tertiary/aromatic N) is 1. The molecule has 9 nitrogen and oxygen atoms in total. The molecule has 2 aromatic carbocycles. The van der Waals surface area contributed by atoms with Gasteiger partial charge in [0.2, 0.25) is 0 Å². The van der Waals surface area contributed by atoms with Gasteiger partial charge in [-0.05, 0) is 62.9 Å². The molecule has 1 aliphatic carbocycles. The molecule has 0 atom stereocenters. The first-order valence-electron chi connectivity index (χ1n) is 12.4. The van der Waals surface area contributed by atoms with Crippen LogP contribution in [0.15, 0.2) is 48.7 Å². The first-order valence-corrected chi connectivity index (χ1v) is 12.4. The Balaban J connectivity index is 1.55. The van der Waals surface area contributed by atoms with Crippen LogP contribution in [0.3, 0.4) is 0 Å². The Morgan fingerprint density at radius 2 is 1.86 bits per heavy atom. The van der Waals surface area contributed by atoms with E-state index in [2.05, 4.69) is 10.6 Å². The van der Waals surface area contributed by atoms with Gasteiger partial charge in [-0.2, -0.15) is 0 Å². The Morgan fingerprint density at radius 1 is 1.14 bits per heavy atom. The lowest BCUT2D eigenvalue weighted by atomic mass is 10.1. The minimum absolute atomic E-state index is 0.107. The normalized spacial score (nSPS) is 15.9. The molecule has 1 heterocycles. The summed E-state index contributed by atoms with van der Waals surface area (Å²) in [6.07, 6.45) is 6.36. The van der Waals surface area contributed by atoms with Crippen molar-refractivity contribution in [2.75, 3.05) is 26.2 Å². The minimum atomic E-state index is -0.706. The summed E-state index contributed by atoms with van der Waals surface area (Å²) in [6, 6.07) is 8.52. The summed E-state index contributed by atoms with van der Waals surface area (Å²) in [6.45, 7) is 3.79. The number of halogens is 1. The molecule has 2 aliphatic rings. The second-order valence-electron chi connectivity index (χ2n) is 9.18. The molecule has 2 aromatic rings. The van der Waals surface area contributed by atoms with Gasteiger partial charge in [0.05, 0.1) is 12.2 Å². The van der Waals surface area contributed by atoms with Crippen molar-refractivity contribution < 1.29 is 34.0 Å². The summed E-state index contributed by atoms with van der Waals surface area (Å²) in [5.74, 6) is -0.985. The number of nitrogens with two attached hydrogens (primary N) is 1. The fraction of sp³-hybridized carbons (Fsp3) is 0.370. The second kappa shape index (κ2) is 11.4. The van der Waals surface area contributed by atoms with E-state index in [1.807, 2.05) is 6.92 Å². The highest BCUT2D eigenvalue weighted by Gasteiger charge is 2.45. The van der Waals surface area contributed by atoms with Crippen molar-refractivity contribution in [2.45, 2.75) is 38.2 Å². The van der Waals surface area contributed by atoms with Crippen molar-refractivity contribution in [1.29, 1.82) is 0 Å². The molecule has 1 aliphatic heterocycles. The number of amides is 2. The zero-order chi connectivity index (χ0) is 26.4. The fourth-order valence-electron chi connectivity index (χ4n) is 3.96. The highest BCUT2D eigenvalue weighted by atomic mass is 19.1. The summed E-state index contributed by atoms with van der Waals surface area (Å²) in [7, 11) is 0. The Hall–Kier alpha value is -3.92. The number of benzene rings is 2. The van der Waals surface area contributed by atoms with Gasteiger partial charge in [-0.25, -0.2) is 14.5 Å². The Bertz CT molecular complexity index is 1210. The number of aliphatic hydroxyl groups is 1. The molecule has 1 saturated heterocycles. The molecule has 10 heteroatoms. The number of amidine groups is 1. The topological polar surface area (TPSA) is 126 Å². The monoisotopic (exact) mass is 511 g/mol. The summed E-state index contributed by atoms with van der Waals surface area (Å²) in [4.78, 5) is 27.2. The maximum atomic E-state index is 14.9. The maximum absolute atomic E-state index is 14.9. The number of nitrogens with one attached hydrogen (secondary N) is 2. The highest BCUT2D eigenvalue weighted by molar-refractivity contribution is 6.08. The quantitative estimate of drug-likeness (QED) is 0.285. The van der Waals surface area contributed by atoms with Crippen LogP contribution in [0.2, 0.25) is 0 Å². The van der Waals surface area contributed by atoms with Crippen molar-refractivity contribution in [3.63, 3.8) is 0 Å². The minimum Gasteiger partial charge on any atom is -0.485 e. The zero-order valence-corrected chi connectivity index (χ0v) is 20.8. The Morgan fingerprint density at radius 3 is 2.51 bits per heavy atom. The standard InChI is InChI=1S/C27H31FN4O5/c1-2-30-10-7-24(29)31-25(34)19-13-20(16-21(14-19)37-27(17-33)8-9-27)36-23-6-5-18(15-22(23)28)26(35)32-11-3-4-12-32/h5-7,10,13-16,30,33H,2-4,8-9,11-12,17H2,1H3,(H2,29,31,34)/p+1/b10-7-. The lowest BCUT2D eigenvalue weighted by Crippen LogP contribution is -2.49. The molecule has 0 spiro atoms. The summed E-state index contributed by atoms with van der Waals surface area (Å²) in [5.41, 5.74) is -0.281. The molecular formula is C27H32FN4O5+. The van der Waals surface area contributed by atoms with Gasteiger partial charge in [-0.3, -0.25) is 10.2 Å². The van der Waals surface area contributed by atoms with Crippen LogP contribution >= 0.6 is 0 Å². The van der Waals surface area contributed by atoms with Crippen molar-refractivity contribution in [1.82, 2.24) is 15.5 Å². The van der Waals surface area contributed by atoms with E-state index in [-0.39, 0.29) is 46.7 Å². The average molecular weight is 512 g/mol. The molecular weight excluding hydrogens is 479 g/mol. The summed E-state index contributed by atoms with van der Waals surface area (Å²) >= 11 is 0. The molecule has 0 bridgehead atoms. The van der Waals surface area contributed by atoms with Gasteiger partial charge in [0.1, 0.15) is 17.1 Å². The molecule has 2 fully saturated rings. The van der Waals surface area contributed by atoms with E-state index in [9.17, 15) is 19.1 Å². The largest absolute Gasteiger partial charge is 0.485 e. The van der Waals surface area contributed by atoms with Crippen LogP contribution in [0.5, 0.6) is 17.2 Å². The van der Waals surface area contributed by atoms with Gasteiger partial charge in [-0.1, -0.05) is 0 Å².